The number of ether oxygens (including phenoxy) is 1. The van der Waals surface area contributed by atoms with E-state index in [0.717, 1.165) is 54.7 Å². The predicted octanol–water partition coefficient (Wildman–Crippen LogP) is 2.92. The van der Waals surface area contributed by atoms with E-state index in [1.54, 1.807) is 0 Å². The number of allylic oxidation sites excluding steroid dienone is 4. The first-order chi connectivity index (χ1) is 29.6. The van der Waals surface area contributed by atoms with Crippen molar-refractivity contribution in [2.24, 2.45) is 5.41 Å². The summed E-state index contributed by atoms with van der Waals surface area (Å²) >= 11 is 1.12. The van der Waals surface area contributed by atoms with Crippen molar-refractivity contribution in [3.8, 4) is 0 Å². The molecular weight excluding hydrogens is 915 g/mol. The molecule has 356 valence electrons. The molecule has 1 saturated heterocycles. The highest BCUT2D eigenvalue weighted by Gasteiger charge is 2.50. The number of hydrogen-bond acceptors (Lipinski definition) is 18. The first-order valence-corrected chi connectivity index (χ1v) is 25.4. The topological polar surface area (TPSA) is 364 Å². The minimum absolute atomic E-state index is 0.0189. The van der Waals surface area contributed by atoms with Crippen molar-refractivity contribution in [2.75, 3.05) is 37.8 Å². The quantitative estimate of drug-likeness (QED) is 0.0321. The summed E-state index contributed by atoms with van der Waals surface area (Å²) in [7, 11) is -16.4. The Bertz CT molecular complexity index is 2020. The van der Waals surface area contributed by atoms with Crippen LogP contribution in [0.25, 0.3) is 11.2 Å². The lowest BCUT2D eigenvalue weighted by molar-refractivity contribution is -0.137. The van der Waals surface area contributed by atoms with Crippen LogP contribution in [0.5, 0.6) is 0 Å². The maximum Gasteiger partial charge on any atom is 0.481 e. The monoisotopic (exact) mass is 973 g/mol. The molecule has 2 aromatic heterocycles. The molecule has 0 aliphatic carbocycles. The minimum Gasteiger partial charge on any atom is -0.386 e. The van der Waals surface area contributed by atoms with Crippen molar-refractivity contribution in [1.29, 1.82) is 0 Å². The number of carbonyl (C=O) groups excluding carboxylic acids is 3. The van der Waals surface area contributed by atoms with Gasteiger partial charge in [-0.2, -0.15) is 4.31 Å². The molecule has 2 amide bonds. The number of thioether (sulfide) groups is 1. The molecule has 7 atom stereocenters. The fourth-order valence-corrected chi connectivity index (χ4v) is 9.30. The van der Waals surface area contributed by atoms with Crippen molar-refractivity contribution in [3.05, 3.63) is 37.0 Å². The van der Waals surface area contributed by atoms with Crippen LogP contribution < -0.4 is 16.4 Å². The summed E-state index contributed by atoms with van der Waals surface area (Å²) in [5.41, 5.74) is 4.27. The fourth-order valence-electron chi connectivity index (χ4n) is 5.75. The number of anilines is 1. The van der Waals surface area contributed by atoms with Gasteiger partial charge in [-0.15, -0.1) is 0 Å². The van der Waals surface area contributed by atoms with Crippen molar-refractivity contribution in [2.45, 2.75) is 109 Å². The van der Waals surface area contributed by atoms with Gasteiger partial charge in [0.25, 0.3) is 0 Å². The Balaban J connectivity index is 1.37. The molecule has 3 heterocycles. The highest BCUT2D eigenvalue weighted by Crippen LogP contribution is 2.61. The third-order valence-electron chi connectivity index (χ3n) is 9.10. The summed E-state index contributed by atoms with van der Waals surface area (Å²) in [6.45, 7) is 2.70. The lowest BCUT2D eigenvalue weighted by Crippen LogP contribution is -2.46. The van der Waals surface area contributed by atoms with Crippen molar-refractivity contribution in [1.82, 2.24) is 30.2 Å². The Morgan fingerprint density at radius 3 is 2.33 bits per heavy atom. The average molecular weight is 974 g/mol. The number of aromatic nitrogens is 4. The van der Waals surface area contributed by atoms with Gasteiger partial charge in [0.1, 0.15) is 36.3 Å². The van der Waals surface area contributed by atoms with E-state index in [0.29, 0.717) is 12.2 Å². The van der Waals surface area contributed by atoms with E-state index in [-0.39, 0.29) is 41.6 Å². The van der Waals surface area contributed by atoms with Crippen LogP contribution in [0.2, 0.25) is 0 Å². The highest BCUT2D eigenvalue weighted by atomic mass is 32.2. The molecular formula is C35H58N7O17P3S. The Labute approximate surface area is 368 Å². The number of amides is 2. The molecule has 0 spiro atoms. The van der Waals surface area contributed by atoms with Crippen LogP contribution in [0.4, 0.5) is 5.82 Å². The molecule has 0 bridgehead atoms. The molecule has 0 saturated carbocycles. The number of hydrogen-bond donors (Lipinski definition) is 9. The van der Waals surface area contributed by atoms with Gasteiger partial charge in [0.2, 0.25) is 11.8 Å². The van der Waals surface area contributed by atoms with Gasteiger partial charge in [0, 0.05) is 37.1 Å². The van der Waals surface area contributed by atoms with E-state index in [1.165, 1.54) is 33.1 Å². The van der Waals surface area contributed by atoms with Crippen molar-refractivity contribution < 1.29 is 80.5 Å². The number of aliphatic hydroxyl groups is 2. The second-order valence-corrected chi connectivity index (χ2v) is 20.2. The SMILES string of the molecule is CCCCCC=CCC=CCCCC(=O)SCCNC(=O)CCNC(=O)C(O)C(C)(C)COP(=O)(O)OP(=O)(O)OCC1OC(n2cnc3c(N)ncnc32)C(O)C1OP(=O)(O)O. The van der Waals surface area contributed by atoms with Crippen molar-refractivity contribution in [3.63, 3.8) is 0 Å². The first-order valence-electron chi connectivity index (χ1n) is 19.9. The molecule has 7 unspecified atom stereocenters. The number of fused-ring (bicyclic) bond motifs is 1. The van der Waals surface area contributed by atoms with Gasteiger partial charge >= 0.3 is 23.5 Å². The maximum atomic E-state index is 12.7. The lowest BCUT2D eigenvalue weighted by atomic mass is 9.87. The van der Waals surface area contributed by atoms with E-state index >= 15 is 0 Å². The molecule has 24 nitrogen and oxygen atoms in total. The smallest absolute Gasteiger partial charge is 0.386 e. The van der Waals surface area contributed by atoms with E-state index in [2.05, 4.69) is 65.6 Å². The number of imidazole rings is 1. The number of nitrogen functional groups attached to an aromatic ring is 1. The van der Waals surface area contributed by atoms with Crippen LogP contribution in [0, 0.1) is 5.41 Å². The number of carbonyl (C=O) groups is 3. The Kier molecular flexibility index (Phi) is 22.1. The maximum absolute atomic E-state index is 12.7. The van der Waals surface area contributed by atoms with Gasteiger partial charge in [-0.25, -0.2) is 28.6 Å². The zero-order valence-corrected chi connectivity index (χ0v) is 38.5. The van der Waals surface area contributed by atoms with Gasteiger partial charge in [-0.1, -0.05) is 69.7 Å². The van der Waals surface area contributed by atoms with E-state index in [4.69, 9.17) is 19.5 Å². The van der Waals surface area contributed by atoms with E-state index in [1.807, 2.05) is 0 Å². The molecule has 1 fully saturated rings. The zero-order chi connectivity index (χ0) is 46.8. The largest absolute Gasteiger partial charge is 0.481 e. The number of rotatable bonds is 29. The standard InChI is InChI=1S/C35H58N7O17P3S/c1-4-5-6-7-8-9-10-11-12-13-14-15-26(44)63-19-18-37-25(43)16-17-38-33(47)30(46)35(2,3)21-56-62(53,54)59-61(51,52)55-20-24-29(58-60(48,49)50)28(45)34(57-24)42-23-41-27-31(36)39-22-40-32(27)42/h8-9,11-12,22-24,28-30,34,45-46H,4-7,10,13-21H2,1-3H3,(H,37,43)(H,38,47)(H,51,52)(H,53,54)(H2,36,39,40)(H2,48,49,50). The summed E-state index contributed by atoms with van der Waals surface area (Å²) in [6.07, 6.45) is 9.14. The third-order valence-corrected chi connectivity index (χ3v) is 13.1. The zero-order valence-electron chi connectivity index (χ0n) is 35.0. The summed E-state index contributed by atoms with van der Waals surface area (Å²) in [5, 5.41) is 26.5. The number of nitrogens with one attached hydrogen (secondary N) is 2. The molecule has 10 N–H and O–H groups in total. The second-order valence-electron chi connectivity index (χ2n) is 14.9. The van der Waals surface area contributed by atoms with Gasteiger partial charge < -0.3 is 50.9 Å². The number of phosphoric ester groups is 3. The lowest BCUT2D eigenvalue weighted by Gasteiger charge is -2.30. The first kappa shape index (κ1) is 54.4. The number of nitrogens with zero attached hydrogens (tertiary/aromatic N) is 4. The van der Waals surface area contributed by atoms with Crippen LogP contribution in [0.3, 0.4) is 0 Å². The van der Waals surface area contributed by atoms with Crippen LogP contribution in [0.15, 0.2) is 37.0 Å². The van der Waals surface area contributed by atoms with Gasteiger partial charge in [-0.3, -0.25) is 32.5 Å². The second kappa shape index (κ2) is 25.7. The summed E-state index contributed by atoms with van der Waals surface area (Å²) in [4.78, 5) is 88.1. The minimum atomic E-state index is -5.57. The summed E-state index contributed by atoms with van der Waals surface area (Å²) in [6, 6.07) is 0. The van der Waals surface area contributed by atoms with E-state index in [9.17, 15) is 57.9 Å². The molecule has 63 heavy (non-hydrogen) atoms. The Morgan fingerprint density at radius 2 is 1.65 bits per heavy atom. The fraction of sp³-hybridized carbons (Fsp3) is 0.657. The van der Waals surface area contributed by atoms with Gasteiger partial charge in [0.15, 0.2) is 22.8 Å². The predicted molar refractivity (Wildman–Crippen MR) is 228 cm³/mol. The van der Waals surface area contributed by atoms with Crippen LogP contribution >= 0.6 is 35.2 Å². The van der Waals surface area contributed by atoms with E-state index < -0.39 is 84.6 Å². The molecule has 1 aliphatic heterocycles. The molecule has 3 rings (SSSR count). The Morgan fingerprint density at radius 1 is 0.968 bits per heavy atom. The number of unbranched alkanes of at least 4 members (excludes halogenated alkanes) is 4. The normalized spacial score (nSPS) is 20.8. The number of phosphoric acid groups is 3. The molecule has 0 aromatic carbocycles. The summed E-state index contributed by atoms with van der Waals surface area (Å²) < 4.78 is 62.3. The van der Waals surface area contributed by atoms with Crippen LogP contribution in [0.1, 0.15) is 84.8 Å². The van der Waals surface area contributed by atoms with Crippen LogP contribution in [-0.2, 0) is 50.7 Å². The molecule has 28 heteroatoms. The number of nitrogens with two attached hydrogens (primary N) is 1. The average Bonchev–Trinajstić information content (AvgIpc) is 3.76. The van der Waals surface area contributed by atoms with Crippen molar-refractivity contribution >= 4 is 69.1 Å². The highest BCUT2D eigenvalue weighted by molar-refractivity contribution is 8.13. The van der Waals surface area contributed by atoms with Gasteiger partial charge in [-0.05, 0) is 32.1 Å². The Hall–Kier alpha value is -2.96. The third kappa shape index (κ3) is 19.2. The molecule has 1 aliphatic rings. The van der Waals surface area contributed by atoms with Crippen LogP contribution in [-0.4, -0.2) is 123 Å². The molecule has 2 aromatic rings. The molecule has 0 radical (unpaired) electrons. The summed E-state index contributed by atoms with van der Waals surface area (Å²) in [5.74, 6) is -1.07. The number of aliphatic hydroxyl groups excluding tert-OH is 2. The van der Waals surface area contributed by atoms with Gasteiger partial charge in [0.05, 0.1) is 19.5 Å².